The molecule has 0 aromatic carbocycles. The molecule has 1 aliphatic carbocycles. The van der Waals surface area contributed by atoms with Gasteiger partial charge in [0.05, 0.1) is 5.92 Å². The second-order valence-corrected chi connectivity index (χ2v) is 9.20. The van der Waals surface area contributed by atoms with Crippen LogP contribution in [0.1, 0.15) is 56.9 Å². The Hall–Kier alpha value is -2.56. The summed E-state index contributed by atoms with van der Waals surface area (Å²) >= 11 is 0. The lowest BCUT2D eigenvalue weighted by Gasteiger charge is -2.36. The monoisotopic (exact) mass is 492 g/mol. The van der Waals surface area contributed by atoms with Crippen molar-refractivity contribution in [2.45, 2.75) is 76.0 Å². The fourth-order valence-electron chi connectivity index (χ4n) is 5.18. The van der Waals surface area contributed by atoms with Crippen LogP contribution in [0.5, 0.6) is 0 Å². The van der Waals surface area contributed by atoms with E-state index in [0.29, 0.717) is 24.7 Å². The number of amides is 1. The van der Waals surface area contributed by atoms with Gasteiger partial charge in [-0.1, -0.05) is 12.8 Å². The average molecular weight is 493 g/mol. The molecule has 2 atom stereocenters. The van der Waals surface area contributed by atoms with Crippen LogP contribution in [-0.2, 0) is 25.7 Å². The van der Waals surface area contributed by atoms with E-state index in [0.717, 1.165) is 57.6 Å². The second-order valence-electron chi connectivity index (χ2n) is 9.20. The maximum absolute atomic E-state index is 13.0. The van der Waals surface area contributed by atoms with Crippen molar-refractivity contribution in [2.75, 3.05) is 26.3 Å². The van der Waals surface area contributed by atoms with E-state index < -0.39 is 0 Å². The summed E-state index contributed by atoms with van der Waals surface area (Å²) in [7, 11) is 0. The zero-order valence-electron chi connectivity index (χ0n) is 20.4. The maximum Gasteiger partial charge on any atom is 0.290 e. The molecule has 4 N–H and O–H groups in total. The first-order valence-electron chi connectivity index (χ1n) is 12.5. The molecule has 3 aliphatic rings. The Balaban J connectivity index is 0.000000655. The van der Waals surface area contributed by atoms with Gasteiger partial charge < -0.3 is 25.6 Å². The lowest BCUT2D eigenvalue weighted by Crippen LogP contribution is -2.49. The van der Waals surface area contributed by atoms with Crippen molar-refractivity contribution >= 4 is 18.9 Å². The van der Waals surface area contributed by atoms with Crippen LogP contribution in [0, 0.1) is 5.92 Å². The van der Waals surface area contributed by atoms with Crippen molar-refractivity contribution in [1.29, 1.82) is 0 Å². The molecule has 1 amide bonds. The van der Waals surface area contributed by atoms with E-state index in [2.05, 4.69) is 20.5 Å². The van der Waals surface area contributed by atoms with E-state index in [9.17, 15) is 4.79 Å². The number of likely N-dealkylation sites (tertiary alicyclic amines) is 1. The fraction of sp³-hybridized carbons (Fsp3) is 0.680. The first-order chi connectivity index (χ1) is 17.1. The lowest BCUT2D eigenvalue weighted by atomic mass is 10.00. The lowest BCUT2D eigenvalue weighted by molar-refractivity contribution is -0.126. The van der Waals surface area contributed by atoms with E-state index >= 15 is 0 Å². The van der Waals surface area contributed by atoms with Gasteiger partial charge in [-0.3, -0.25) is 24.3 Å². The van der Waals surface area contributed by atoms with E-state index in [1.807, 2.05) is 12.1 Å². The number of nitrogens with one attached hydrogen (secondary N) is 2. The third-order valence-corrected chi connectivity index (χ3v) is 6.89. The van der Waals surface area contributed by atoms with Crippen LogP contribution in [0.25, 0.3) is 0 Å². The zero-order chi connectivity index (χ0) is 25.3. The highest BCUT2D eigenvalue weighted by Gasteiger charge is 2.33. The molecule has 35 heavy (non-hydrogen) atoms. The van der Waals surface area contributed by atoms with E-state index in [4.69, 9.17) is 24.5 Å². The van der Waals surface area contributed by atoms with Crippen molar-refractivity contribution in [3.05, 3.63) is 30.1 Å². The molecule has 2 saturated heterocycles. The Morgan fingerprint density at radius 2 is 1.60 bits per heavy atom. The number of nitrogens with zero attached hydrogens (tertiary/aromatic N) is 2. The number of carboxylic acid groups (broad SMARTS) is 2. The number of rotatable bonds is 6. The minimum absolute atomic E-state index is 0.0649. The molecule has 1 aromatic heterocycles. The first kappa shape index (κ1) is 28.7. The van der Waals surface area contributed by atoms with Crippen LogP contribution >= 0.6 is 0 Å². The number of carbonyl (C=O) groups excluding carboxylic acids is 1. The summed E-state index contributed by atoms with van der Waals surface area (Å²) < 4.78 is 5.59. The summed E-state index contributed by atoms with van der Waals surface area (Å²) in [5, 5.41) is 20.9. The van der Waals surface area contributed by atoms with Crippen molar-refractivity contribution in [3.8, 4) is 0 Å². The first-order valence-corrected chi connectivity index (χ1v) is 12.5. The fourth-order valence-corrected chi connectivity index (χ4v) is 5.18. The van der Waals surface area contributed by atoms with Gasteiger partial charge in [-0.05, 0) is 56.2 Å². The Morgan fingerprint density at radius 3 is 2.23 bits per heavy atom. The van der Waals surface area contributed by atoms with Gasteiger partial charge in [0.25, 0.3) is 12.9 Å². The molecule has 3 heterocycles. The van der Waals surface area contributed by atoms with Crippen LogP contribution in [0.15, 0.2) is 24.5 Å². The van der Waals surface area contributed by atoms with E-state index in [1.165, 1.54) is 25.7 Å². The van der Waals surface area contributed by atoms with Crippen molar-refractivity contribution in [2.24, 2.45) is 5.92 Å². The van der Waals surface area contributed by atoms with Gasteiger partial charge in [0.1, 0.15) is 0 Å². The Labute approximate surface area is 207 Å². The SMILES string of the molecule is O=C(NCc1ccncc1)[C@@H]1CC[C@H](NC2CCCC2)CN(C2CCOCC2)C1.O=CO.O=CO. The number of hydrogen-bond acceptors (Lipinski definition) is 7. The number of aromatic nitrogens is 1. The van der Waals surface area contributed by atoms with Gasteiger partial charge in [0, 0.05) is 63.4 Å². The number of ether oxygens (including phenoxy) is 1. The van der Waals surface area contributed by atoms with Gasteiger partial charge in [-0.15, -0.1) is 0 Å². The average Bonchev–Trinajstić information content (AvgIpc) is 3.30. The second kappa shape index (κ2) is 17.0. The van der Waals surface area contributed by atoms with Gasteiger partial charge in [0.2, 0.25) is 5.91 Å². The van der Waals surface area contributed by atoms with Crippen molar-refractivity contribution in [3.63, 3.8) is 0 Å². The zero-order valence-corrected chi connectivity index (χ0v) is 20.4. The Kier molecular flexibility index (Phi) is 13.9. The molecule has 0 radical (unpaired) electrons. The van der Waals surface area contributed by atoms with Gasteiger partial charge in [-0.25, -0.2) is 0 Å². The highest BCUT2D eigenvalue weighted by Crippen LogP contribution is 2.25. The molecule has 4 rings (SSSR count). The third kappa shape index (κ3) is 10.7. The van der Waals surface area contributed by atoms with Crippen LogP contribution in [0.3, 0.4) is 0 Å². The van der Waals surface area contributed by atoms with Gasteiger partial charge in [0.15, 0.2) is 0 Å². The molecule has 0 spiro atoms. The van der Waals surface area contributed by atoms with Crippen LogP contribution < -0.4 is 10.6 Å². The molecule has 1 saturated carbocycles. The molecular formula is C25H40N4O6. The smallest absolute Gasteiger partial charge is 0.290 e. The van der Waals surface area contributed by atoms with E-state index in [-0.39, 0.29) is 24.8 Å². The Bertz CT molecular complexity index is 720. The summed E-state index contributed by atoms with van der Waals surface area (Å²) in [5.41, 5.74) is 1.10. The van der Waals surface area contributed by atoms with Gasteiger partial charge in [-0.2, -0.15) is 0 Å². The number of pyridine rings is 1. The number of hydrogen-bond donors (Lipinski definition) is 4. The largest absolute Gasteiger partial charge is 0.483 e. The Morgan fingerprint density at radius 1 is 0.971 bits per heavy atom. The predicted octanol–water partition coefficient (Wildman–Crippen LogP) is 1.89. The molecule has 0 bridgehead atoms. The highest BCUT2D eigenvalue weighted by molar-refractivity contribution is 5.78. The standard InChI is InChI=1S/C23H36N4O2.2CH2O2/c28-23(25-15-18-7-11-24-12-8-18)19-5-6-21(26-20-3-1-2-4-20)17-27(16-19)22-9-13-29-14-10-22;2*2-1-3/h7-8,11-12,19-22,26H,1-6,9-10,13-17H2,(H,25,28);2*1H,(H,2,3)/t19-,21+;;/m1../s1. The van der Waals surface area contributed by atoms with Gasteiger partial charge >= 0.3 is 0 Å². The highest BCUT2D eigenvalue weighted by atomic mass is 16.5. The summed E-state index contributed by atoms with van der Waals surface area (Å²) in [6.07, 6.45) is 13.1. The molecule has 2 aliphatic heterocycles. The molecule has 10 heteroatoms. The third-order valence-electron chi connectivity index (χ3n) is 6.89. The molecule has 196 valence electrons. The van der Waals surface area contributed by atoms with Crippen LogP contribution in [0.4, 0.5) is 0 Å². The van der Waals surface area contributed by atoms with E-state index in [1.54, 1.807) is 12.4 Å². The normalized spacial score (nSPS) is 23.5. The molecule has 10 nitrogen and oxygen atoms in total. The summed E-state index contributed by atoms with van der Waals surface area (Å²) in [6, 6.07) is 5.64. The van der Waals surface area contributed by atoms with Crippen LogP contribution in [0.2, 0.25) is 0 Å². The molecule has 1 aromatic rings. The maximum atomic E-state index is 13.0. The quantitative estimate of drug-likeness (QED) is 0.438. The topological polar surface area (TPSA) is 141 Å². The van der Waals surface area contributed by atoms with Crippen molar-refractivity contribution in [1.82, 2.24) is 20.5 Å². The number of carbonyl (C=O) groups is 3. The summed E-state index contributed by atoms with van der Waals surface area (Å²) in [4.78, 5) is 36.4. The summed E-state index contributed by atoms with van der Waals surface area (Å²) in [5.74, 6) is 0.260. The molecule has 3 fully saturated rings. The van der Waals surface area contributed by atoms with Crippen LogP contribution in [-0.4, -0.2) is 83.4 Å². The minimum atomic E-state index is -0.250. The predicted molar refractivity (Wildman–Crippen MR) is 131 cm³/mol. The summed E-state index contributed by atoms with van der Waals surface area (Å²) in [6.45, 7) is 3.71. The van der Waals surface area contributed by atoms with Crippen molar-refractivity contribution < 1.29 is 29.3 Å². The molecular weight excluding hydrogens is 452 g/mol. The minimum Gasteiger partial charge on any atom is -0.483 e. The molecule has 0 unspecified atom stereocenters.